The molecule has 0 spiro atoms. The van der Waals surface area contributed by atoms with Gasteiger partial charge in [0.2, 0.25) is 5.91 Å². The lowest BCUT2D eigenvalue weighted by molar-refractivity contribution is -0.116. The van der Waals surface area contributed by atoms with Crippen LogP contribution in [0.2, 0.25) is 0 Å². The first-order valence-electron chi connectivity index (χ1n) is 8.16. The van der Waals surface area contributed by atoms with Crippen molar-refractivity contribution in [1.29, 1.82) is 0 Å². The topological polar surface area (TPSA) is 76.7 Å². The van der Waals surface area contributed by atoms with Gasteiger partial charge in [0.25, 0.3) is 5.91 Å². The molecule has 0 aromatic heterocycles. The summed E-state index contributed by atoms with van der Waals surface area (Å²) in [5, 5.41) is 5.23. The third-order valence-corrected chi connectivity index (χ3v) is 3.75. The van der Waals surface area contributed by atoms with Crippen molar-refractivity contribution in [3.8, 4) is 11.5 Å². The van der Waals surface area contributed by atoms with E-state index in [1.54, 1.807) is 24.3 Å². The van der Waals surface area contributed by atoms with Crippen molar-refractivity contribution in [3.63, 3.8) is 0 Å². The van der Waals surface area contributed by atoms with E-state index in [0.29, 0.717) is 23.4 Å². The Kier molecular flexibility index (Phi) is 7.10. The number of methoxy groups -OCH3 is 1. The monoisotopic (exact) mass is 378 g/mol. The van der Waals surface area contributed by atoms with Crippen LogP contribution in [0.4, 0.5) is 14.5 Å². The maximum atomic E-state index is 12.2. The molecule has 0 aliphatic rings. The third kappa shape index (κ3) is 5.95. The number of alkyl halides is 2. The van der Waals surface area contributed by atoms with Gasteiger partial charge in [0.1, 0.15) is 11.5 Å². The van der Waals surface area contributed by atoms with Gasteiger partial charge in [0.15, 0.2) is 0 Å². The maximum Gasteiger partial charge on any atom is 0.387 e. The number of hydrogen-bond acceptors (Lipinski definition) is 4. The summed E-state index contributed by atoms with van der Waals surface area (Å²) in [5.74, 6) is -0.0482. The molecule has 0 radical (unpaired) electrons. The fraction of sp³-hybridized carbons (Fsp3) is 0.263. The number of anilines is 1. The zero-order valence-corrected chi connectivity index (χ0v) is 14.9. The van der Waals surface area contributed by atoms with Crippen LogP contribution < -0.4 is 20.1 Å². The number of amides is 2. The second-order valence-electron chi connectivity index (χ2n) is 5.56. The Bertz CT molecular complexity index is 795. The van der Waals surface area contributed by atoms with E-state index in [4.69, 9.17) is 4.74 Å². The zero-order chi connectivity index (χ0) is 19.8. The Morgan fingerprint density at radius 3 is 2.41 bits per heavy atom. The normalized spacial score (nSPS) is 10.4. The largest absolute Gasteiger partial charge is 0.495 e. The lowest BCUT2D eigenvalue weighted by Crippen LogP contribution is -2.19. The Labute approximate surface area is 155 Å². The third-order valence-electron chi connectivity index (χ3n) is 3.75. The molecule has 2 rings (SSSR count). The van der Waals surface area contributed by atoms with Crippen molar-refractivity contribution in [2.45, 2.75) is 19.5 Å². The highest BCUT2D eigenvalue weighted by atomic mass is 19.3. The molecular weight excluding hydrogens is 358 g/mol. The first-order valence-corrected chi connectivity index (χ1v) is 8.16. The number of rotatable bonds is 8. The molecule has 0 heterocycles. The van der Waals surface area contributed by atoms with Crippen molar-refractivity contribution >= 4 is 17.5 Å². The predicted molar refractivity (Wildman–Crippen MR) is 96.4 cm³/mol. The van der Waals surface area contributed by atoms with Crippen LogP contribution in [0.5, 0.6) is 11.5 Å². The fourth-order valence-corrected chi connectivity index (χ4v) is 2.40. The molecule has 2 aromatic rings. The number of carbonyl (C=O) groups is 2. The second kappa shape index (κ2) is 9.51. The summed E-state index contributed by atoms with van der Waals surface area (Å²) in [6.07, 6.45) is 0.584. The van der Waals surface area contributed by atoms with Gasteiger partial charge in [-0.25, -0.2) is 0 Å². The second-order valence-corrected chi connectivity index (χ2v) is 5.56. The number of benzene rings is 2. The minimum atomic E-state index is -2.87. The van der Waals surface area contributed by atoms with E-state index in [1.807, 2.05) is 0 Å². The molecule has 2 amide bonds. The molecule has 0 saturated carbocycles. The molecule has 6 nitrogen and oxygen atoms in total. The highest BCUT2D eigenvalue weighted by Gasteiger charge is 2.12. The van der Waals surface area contributed by atoms with Crippen LogP contribution in [0.15, 0.2) is 42.5 Å². The van der Waals surface area contributed by atoms with Gasteiger partial charge in [0.05, 0.1) is 12.8 Å². The molecule has 0 aliphatic heterocycles. The average Bonchev–Trinajstić information content (AvgIpc) is 2.66. The number of halogens is 2. The maximum absolute atomic E-state index is 12.2. The standard InChI is InChI=1S/C19H20F2N2O4/c1-22-18(25)13-6-9-16(26-2)15(11-13)23-17(24)10-5-12-3-7-14(8-4-12)27-19(20)21/h3-4,6-9,11,19H,5,10H2,1-2H3,(H,22,25)(H,23,24). The molecule has 8 heteroatoms. The van der Waals surface area contributed by atoms with Crippen molar-refractivity contribution in [3.05, 3.63) is 53.6 Å². The lowest BCUT2D eigenvalue weighted by atomic mass is 10.1. The highest BCUT2D eigenvalue weighted by molar-refractivity contribution is 5.98. The van der Waals surface area contributed by atoms with E-state index in [9.17, 15) is 18.4 Å². The molecule has 2 aromatic carbocycles. The van der Waals surface area contributed by atoms with E-state index in [1.165, 1.54) is 32.4 Å². The zero-order valence-electron chi connectivity index (χ0n) is 14.9. The highest BCUT2D eigenvalue weighted by Crippen LogP contribution is 2.26. The smallest absolute Gasteiger partial charge is 0.387 e. The van der Waals surface area contributed by atoms with Crippen LogP contribution in [0.25, 0.3) is 0 Å². The van der Waals surface area contributed by atoms with Crippen molar-refractivity contribution in [2.75, 3.05) is 19.5 Å². The first kappa shape index (κ1) is 20.2. The Morgan fingerprint density at radius 2 is 1.81 bits per heavy atom. The molecule has 0 bridgehead atoms. The van der Waals surface area contributed by atoms with E-state index in [0.717, 1.165) is 5.56 Å². The van der Waals surface area contributed by atoms with E-state index < -0.39 is 6.61 Å². The van der Waals surface area contributed by atoms with Gasteiger partial charge in [-0.3, -0.25) is 9.59 Å². The van der Waals surface area contributed by atoms with Crippen LogP contribution in [0, 0.1) is 0 Å². The molecule has 0 unspecified atom stereocenters. The van der Waals surface area contributed by atoms with Gasteiger partial charge < -0.3 is 20.1 Å². The molecule has 27 heavy (non-hydrogen) atoms. The van der Waals surface area contributed by atoms with Crippen LogP contribution >= 0.6 is 0 Å². The molecule has 0 saturated heterocycles. The Hall–Kier alpha value is -3.16. The summed E-state index contributed by atoms with van der Waals surface area (Å²) in [7, 11) is 2.98. The molecular formula is C19H20F2N2O4. The summed E-state index contributed by atoms with van der Waals surface area (Å²) in [6.45, 7) is -2.87. The Morgan fingerprint density at radius 1 is 1.11 bits per heavy atom. The van der Waals surface area contributed by atoms with Crippen LogP contribution in [-0.4, -0.2) is 32.6 Å². The minimum Gasteiger partial charge on any atom is -0.495 e. The number of aryl methyl sites for hydroxylation is 1. The van der Waals surface area contributed by atoms with E-state index >= 15 is 0 Å². The van der Waals surface area contributed by atoms with Gasteiger partial charge in [0, 0.05) is 19.0 Å². The quantitative estimate of drug-likeness (QED) is 0.739. The number of ether oxygens (including phenoxy) is 2. The molecule has 0 atom stereocenters. The summed E-state index contributed by atoms with van der Waals surface area (Å²) in [6, 6.07) is 10.8. The molecule has 144 valence electrons. The molecule has 0 aliphatic carbocycles. The van der Waals surface area contributed by atoms with Crippen molar-refractivity contribution < 1.29 is 27.8 Å². The van der Waals surface area contributed by atoms with E-state index in [-0.39, 0.29) is 24.0 Å². The van der Waals surface area contributed by atoms with Gasteiger partial charge in [-0.1, -0.05) is 12.1 Å². The summed E-state index contributed by atoms with van der Waals surface area (Å²) in [5.41, 5.74) is 1.59. The number of hydrogen-bond donors (Lipinski definition) is 2. The minimum absolute atomic E-state index is 0.0638. The molecule has 0 fully saturated rings. The number of carbonyl (C=O) groups excluding carboxylic acids is 2. The lowest BCUT2D eigenvalue weighted by Gasteiger charge is -2.12. The Balaban J connectivity index is 1.98. The van der Waals surface area contributed by atoms with Gasteiger partial charge in [-0.05, 0) is 42.3 Å². The number of nitrogens with one attached hydrogen (secondary N) is 2. The summed E-state index contributed by atoms with van der Waals surface area (Å²) in [4.78, 5) is 24.0. The van der Waals surface area contributed by atoms with Crippen LogP contribution in [0.3, 0.4) is 0 Å². The van der Waals surface area contributed by atoms with E-state index in [2.05, 4.69) is 15.4 Å². The molecule has 2 N–H and O–H groups in total. The van der Waals surface area contributed by atoms with Crippen molar-refractivity contribution in [1.82, 2.24) is 5.32 Å². The first-order chi connectivity index (χ1) is 12.9. The predicted octanol–water partition coefficient (Wildman–Crippen LogP) is 3.23. The summed E-state index contributed by atoms with van der Waals surface area (Å²) < 4.78 is 33.7. The van der Waals surface area contributed by atoms with Crippen molar-refractivity contribution in [2.24, 2.45) is 0 Å². The fourth-order valence-electron chi connectivity index (χ4n) is 2.40. The SMILES string of the molecule is CNC(=O)c1ccc(OC)c(NC(=O)CCc2ccc(OC(F)F)cc2)c1. The summed E-state index contributed by atoms with van der Waals surface area (Å²) >= 11 is 0. The van der Waals surface area contributed by atoms with Crippen LogP contribution in [-0.2, 0) is 11.2 Å². The van der Waals surface area contributed by atoms with Gasteiger partial charge >= 0.3 is 6.61 Å². The van der Waals surface area contributed by atoms with Crippen LogP contribution in [0.1, 0.15) is 22.3 Å². The van der Waals surface area contributed by atoms with Gasteiger partial charge in [-0.15, -0.1) is 0 Å². The average molecular weight is 378 g/mol. The van der Waals surface area contributed by atoms with Gasteiger partial charge in [-0.2, -0.15) is 8.78 Å².